The molecular formula is C14H24ClN3O. The highest BCUT2D eigenvalue weighted by atomic mass is 35.5. The number of methoxy groups -OCH3 is 1. The first-order valence-corrected chi connectivity index (χ1v) is 7.00. The maximum absolute atomic E-state index is 6.17. The third-order valence-electron chi connectivity index (χ3n) is 2.85. The molecule has 0 aromatic carbocycles. The van der Waals surface area contributed by atoms with E-state index in [0.29, 0.717) is 11.1 Å². The number of aromatic nitrogens is 1. The maximum Gasteiger partial charge on any atom is 0.128 e. The summed E-state index contributed by atoms with van der Waals surface area (Å²) in [6, 6.07) is 2.48. The van der Waals surface area contributed by atoms with Crippen LogP contribution in [0.2, 0.25) is 5.02 Å². The molecule has 5 heteroatoms. The fourth-order valence-electron chi connectivity index (χ4n) is 1.69. The van der Waals surface area contributed by atoms with Gasteiger partial charge in [-0.05, 0) is 18.1 Å². The Hall–Kier alpha value is -0.840. The molecule has 1 heterocycles. The molecule has 0 amide bonds. The molecule has 0 aliphatic rings. The molecular weight excluding hydrogens is 262 g/mol. The fraction of sp³-hybridized carbons (Fsp3) is 0.643. The van der Waals surface area contributed by atoms with E-state index in [1.165, 1.54) is 0 Å². The van der Waals surface area contributed by atoms with Gasteiger partial charge in [-0.25, -0.2) is 4.98 Å². The molecule has 1 aromatic rings. The Morgan fingerprint density at radius 3 is 2.84 bits per heavy atom. The molecule has 4 nitrogen and oxygen atoms in total. The first-order chi connectivity index (χ1) is 9.04. The Morgan fingerprint density at radius 2 is 2.21 bits per heavy atom. The van der Waals surface area contributed by atoms with Gasteiger partial charge in [-0.1, -0.05) is 25.4 Å². The van der Waals surface area contributed by atoms with E-state index < -0.39 is 0 Å². The number of rotatable bonds is 8. The van der Waals surface area contributed by atoms with Gasteiger partial charge in [0.2, 0.25) is 0 Å². The summed E-state index contributed by atoms with van der Waals surface area (Å²) in [5.41, 5.74) is 1.08. The van der Waals surface area contributed by atoms with E-state index >= 15 is 0 Å². The number of pyridine rings is 1. The standard InChI is InChI=1S/C14H24ClN3O/c1-11(2)16-9-12-8-14(17-10-13(12)15)18(3)6-5-7-19-4/h8,10-11,16H,5-7,9H2,1-4H3. The van der Waals surface area contributed by atoms with Crippen LogP contribution in [0.5, 0.6) is 0 Å². The van der Waals surface area contributed by atoms with Crippen molar-refractivity contribution >= 4 is 17.4 Å². The van der Waals surface area contributed by atoms with Gasteiger partial charge in [0.15, 0.2) is 0 Å². The van der Waals surface area contributed by atoms with Crippen LogP contribution in [0.1, 0.15) is 25.8 Å². The molecule has 0 saturated carbocycles. The fourth-order valence-corrected chi connectivity index (χ4v) is 1.86. The predicted octanol–water partition coefficient (Wildman–Crippen LogP) is 2.71. The molecule has 0 fully saturated rings. The summed E-state index contributed by atoms with van der Waals surface area (Å²) in [6.07, 6.45) is 2.71. The van der Waals surface area contributed by atoms with Crippen LogP contribution in [0.4, 0.5) is 5.82 Å². The van der Waals surface area contributed by atoms with Crippen LogP contribution >= 0.6 is 11.6 Å². The van der Waals surface area contributed by atoms with E-state index in [2.05, 4.69) is 29.0 Å². The van der Waals surface area contributed by atoms with Gasteiger partial charge in [0, 0.05) is 46.1 Å². The van der Waals surface area contributed by atoms with Gasteiger partial charge >= 0.3 is 0 Å². The van der Waals surface area contributed by atoms with Crippen molar-refractivity contribution in [3.63, 3.8) is 0 Å². The Balaban J connectivity index is 2.66. The molecule has 0 unspecified atom stereocenters. The van der Waals surface area contributed by atoms with E-state index in [-0.39, 0.29) is 0 Å². The lowest BCUT2D eigenvalue weighted by molar-refractivity contribution is 0.196. The van der Waals surface area contributed by atoms with Crippen molar-refractivity contribution in [3.8, 4) is 0 Å². The summed E-state index contributed by atoms with van der Waals surface area (Å²) in [5, 5.41) is 4.08. The zero-order chi connectivity index (χ0) is 14.3. The molecule has 0 radical (unpaired) electrons. The quantitative estimate of drug-likeness (QED) is 0.745. The van der Waals surface area contributed by atoms with Gasteiger partial charge in [0.05, 0.1) is 5.02 Å². The van der Waals surface area contributed by atoms with Crippen LogP contribution in [-0.4, -0.2) is 38.3 Å². The zero-order valence-corrected chi connectivity index (χ0v) is 13.0. The first kappa shape index (κ1) is 16.2. The Labute approximate surface area is 121 Å². The largest absolute Gasteiger partial charge is 0.385 e. The number of nitrogens with zero attached hydrogens (tertiary/aromatic N) is 2. The van der Waals surface area contributed by atoms with Crippen LogP contribution in [-0.2, 0) is 11.3 Å². The van der Waals surface area contributed by atoms with Crippen molar-refractivity contribution in [2.24, 2.45) is 0 Å². The van der Waals surface area contributed by atoms with Crippen LogP contribution in [0.25, 0.3) is 0 Å². The summed E-state index contributed by atoms with van der Waals surface area (Å²) in [6.45, 7) is 6.68. The average Bonchev–Trinajstić information content (AvgIpc) is 2.37. The van der Waals surface area contributed by atoms with E-state index in [1.807, 2.05) is 13.1 Å². The summed E-state index contributed by atoms with van der Waals surface area (Å²) in [4.78, 5) is 6.49. The molecule has 0 spiro atoms. The van der Waals surface area contributed by atoms with E-state index in [9.17, 15) is 0 Å². The molecule has 0 saturated heterocycles. The second kappa shape index (κ2) is 8.35. The second-order valence-corrected chi connectivity index (χ2v) is 5.34. The van der Waals surface area contributed by atoms with Crippen molar-refractivity contribution < 1.29 is 4.74 Å². The van der Waals surface area contributed by atoms with Gasteiger partial charge in [-0.2, -0.15) is 0 Å². The topological polar surface area (TPSA) is 37.4 Å². The number of hydrogen-bond acceptors (Lipinski definition) is 4. The highest BCUT2D eigenvalue weighted by molar-refractivity contribution is 6.31. The van der Waals surface area contributed by atoms with E-state index in [0.717, 1.165) is 37.5 Å². The number of hydrogen-bond donors (Lipinski definition) is 1. The minimum atomic E-state index is 0.437. The Morgan fingerprint density at radius 1 is 1.47 bits per heavy atom. The van der Waals surface area contributed by atoms with Crippen LogP contribution in [0.3, 0.4) is 0 Å². The molecule has 19 heavy (non-hydrogen) atoms. The zero-order valence-electron chi connectivity index (χ0n) is 12.2. The molecule has 1 aromatic heterocycles. The highest BCUT2D eigenvalue weighted by Crippen LogP contribution is 2.20. The van der Waals surface area contributed by atoms with Crippen molar-refractivity contribution in [2.75, 3.05) is 32.2 Å². The molecule has 1 N–H and O–H groups in total. The molecule has 1 rings (SSSR count). The van der Waals surface area contributed by atoms with Gasteiger partial charge in [-0.15, -0.1) is 0 Å². The van der Waals surface area contributed by atoms with Crippen molar-refractivity contribution in [2.45, 2.75) is 32.9 Å². The molecule has 0 atom stereocenters. The monoisotopic (exact) mass is 285 g/mol. The Kier molecular flexibility index (Phi) is 7.13. The van der Waals surface area contributed by atoms with Gasteiger partial charge < -0.3 is 15.0 Å². The highest BCUT2D eigenvalue weighted by Gasteiger charge is 2.07. The van der Waals surface area contributed by atoms with Crippen molar-refractivity contribution in [1.82, 2.24) is 10.3 Å². The predicted molar refractivity (Wildman–Crippen MR) is 81.0 cm³/mol. The molecule has 0 aliphatic heterocycles. The van der Waals surface area contributed by atoms with Gasteiger partial charge in [-0.3, -0.25) is 0 Å². The van der Waals surface area contributed by atoms with Crippen LogP contribution < -0.4 is 10.2 Å². The third-order valence-corrected chi connectivity index (χ3v) is 3.19. The third kappa shape index (κ3) is 5.76. The van der Waals surface area contributed by atoms with Crippen molar-refractivity contribution in [3.05, 3.63) is 22.8 Å². The summed E-state index contributed by atoms with van der Waals surface area (Å²) < 4.78 is 5.06. The Bertz CT molecular complexity index is 385. The van der Waals surface area contributed by atoms with Crippen LogP contribution in [0, 0.1) is 0 Å². The number of halogens is 1. The normalized spacial score (nSPS) is 11.1. The van der Waals surface area contributed by atoms with E-state index in [1.54, 1.807) is 13.3 Å². The summed E-state index contributed by atoms with van der Waals surface area (Å²) in [5.74, 6) is 0.945. The lowest BCUT2D eigenvalue weighted by atomic mass is 10.2. The second-order valence-electron chi connectivity index (χ2n) is 4.94. The minimum Gasteiger partial charge on any atom is -0.385 e. The first-order valence-electron chi connectivity index (χ1n) is 6.62. The summed E-state index contributed by atoms with van der Waals surface area (Å²) in [7, 11) is 3.75. The average molecular weight is 286 g/mol. The minimum absolute atomic E-state index is 0.437. The molecule has 108 valence electrons. The smallest absolute Gasteiger partial charge is 0.128 e. The van der Waals surface area contributed by atoms with Crippen LogP contribution in [0.15, 0.2) is 12.3 Å². The van der Waals surface area contributed by atoms with E-state index in [4.69, 9.17) is 16.3 Å². The lowest BCUT2D eigenvalue weighted by Gasteiger charge is -2.19. The van der Waals surface area contributed by atoms with Gasteiger partial charge in [0.25, 0.3) is 0 Å². The SMILES string of the molecule is COCCCN(C)c1cc(CNC(C)C)c(Cl)cn1. The molecule has 0 aliphatic carbocycles. The lowest BCUT2D eigenvalue weighted by Crippen LogP contribution is -2.23. The number of anilines is 1. The molecule has 0 bridgehead atoms. The number of nitrogens with one attached hydrogen (secondary N) is 1. The van der Waals surface area contributed by atoms with Crippen molar-refractivity contribution in [1.29, 1.82) is 0 Å². The van der Waals surface area contributed by atoms with Gasteiger partial charge in [0.1, 0.15) is 5.82 Å². The summed E-state index contributed by atoms with van der Waals surface area (Å²) >= 11 is 6.17. The maximum atomic E-state index is 6.17. The number of ether oxygens (including phenoxy) is 1.